The molecule has 1 amide bonds. The first kappa shape index (κ1) is 16.8. The molecule has 0 aromatic heterocycles. The van der Waals surface area contributed by atoms with Crippen molar-refractivity contribution in [1.82, 2.24) is 15.5 Å². The van der Waals surface area contributed by atoms with E-state index >= 15 is 0 Å². The van der Waals surface area contributed by atoms with E-state index in [2.05, 4.69) is 36.3 Å². The molecule has 2 unspecified atom stereocenters. The Morgan fingerprint density at radius 3 is 2.67 bits per heavy atom. The van der Waals surface area contributed by atoms with E-state index in [-0.39, 0.29) is 11.3 Å². The van der Waals surface area contributed by atoms with Gasteiger partial charge in [-0.1, -0.05) is 20.8 Å². The highest BCUT2D eigenvalue weighted by Gasteiger charge is 2.37. The first-order valence-electron chi connectivity index (χ1n) is 8.71. The molecule has 0 radical (unpaired) electrons. The van der Waals surface area contributed by atoms with Gasteiger partial charge < -0.3 is 15.5 Å². The largest absolute Gasteiger partial charge is 0.355 e. The summed E-state index contributed by atoms with van der Waals surface area (Å²) >= 11 is 0. The van der Waals surface area contributed by atoms with Gasteiger partial charge in [0.1, 0.15) is 0 Å². The van der Waals surface area contributed by atoms with Gasteiger partial charge in [0.05, 0.1) is 0 Å². The summed E-state index contributed by atoms with van der Waals surface area (Å²) in [6.07, 6.45) is 5.02. The minimum atomic E-state index is -0.263. The molecular formula is C17H33N3O. The molecule has 0 saturated carbocycles. The second-order valence-electron chi connectivity index (χ2n) is 7.59. The quantitative estimate of drug-likeness (QED) is 0.786. The third-order valence-corrected chi connectivity index (χ3v) is 5.28. The Morgan fingerprint density at radius 2 is 2.05 bits per heavy atom. The molecule has 2 aliphatic rings. The molecular weight excluding hydrogens is 262 g/mol. The van der Waals surface area contributed by atoms with E-state index < -0.39 is 0 Å². The SMILES string of the molecule is CC(CNC(=O)C(C)(C)C1CCCNC1)CN1CCCC1. The molecule has 21 heavy (non-hydrogen) atoms. The van der Waals surface area contributed by atoms with Gasteiger partial charge in [0.25, 0.3) is 0 Å². The first-order chi connectivity index (χ1) is 10.00. The van der Waals surface area contributed by atoms with Crippen molar-refractivity contribution in [2.45, 2.75) is 46.5 Å². The maximum atomic E-state index is 12.6. The normalized spacial score (nSPS) is 25.8. The van der Waals surface area contributed by atoms with Crippen molar-refractivity contribution in [2.75, 3.05) is 39.3 Å². The van der Waals surface area contributed by atoms with E-state index in [1.54, 1.807) is 0 Å². The van der Waals surface area contributed by atoms with Crippen molar-refractivity contribution in [3.8, 4) is 0 Å². The number of carbonyl (C=O) groups excluding carboxylic acids is 1. The van der Waals surface area contributed by atoms with Crippen LogP contribution in [0.2, 0.25) is 0 Å². The number of carbonyl (C=O) groups is 1. The van der Waals surface area contributed by atoms with E-state index in [0.717, 1.165) is 32.6 Å². The lowest BCUT2D eigenvalue weighted by molar-refractivity contribution is -0.132. The molecule has 4 heteroatoms. The van der Waals surface area contributed by atoms with E-state index in [1.165, 1.54) is 32.4 Å². The Hall–Kier alpha value is -0.610. The number of piperidine rings is 1. The van der Waals surface area contributed by atoms with Crippen molar-refractivity contribution < 1.29 is 4.79 Å². The summed E-state index contributed by atoms with van der Waals surface area (Å²) in [6.45, 7) is 12.9. The lowest BCUT2D eigenvalue weighted by atomic mass is 9.74. The smallest absolute Gasteiger partial charge is 0.225 e. The van der Waals surface area contributed by atoms with Crippen LogP contribution in [0.15, 0.2) is 0 Å². The van der Waals surface area contributed by atoms with E-state index in [9.17, 15) is 4.79 Å². The summed E-state index contributed by atoms with van der Waals surface area (Å²) in [6, 6.07) is 0. The number of nitrogens with zero attached hydrogens (tertiary/aromatic N) is 1. The second kappa shape index (κ2) is 7.59. The van der Waals surface area contributed by atoms with Gasteiger partial charge in [-0.25, -0.2) is 0 Å². The van der Waals surface area contributed by atoms with Crippen LogP contribution in [0.1, 0.15) is 46.5 Å². The molecule has 2 fully saturated rings. The molecule has 0 aliphatic carbocycles. The van der Waals surface area contributed by atoms with Crippen LogP contribution in [0.25, 0.3) is 0 Å². The lowest BCUT2D eigenvalue weighted by Gasteiger charge is -2.36. The Bertz CT molecular complexity index is 331. The van der Waals surface area contributed by atoms with Gasteiger partial charge in [-0.15, -0.1) is 0 Å². The van der Waals surface area contributed by atoms with Crippen molar-refractivity contribution >= 4 is 5.91 Å². The minimum Gasteiger partial charge on any atom is -0.355 e. The molecule has 2 heterocycles. The summed E-state index contributed by atoms with van der Waals surface area (Å²) in [4.78, 5) is 15.1. The van der Waals surface area contributed by atoms with Gasteiger partial charge in [-0.05, 0) is 63.7 Å². The highest BCUT2D eigenvalue weighted by molar-refractivity contribution is 5.82. The zero-order valence-electron chi connectivity index (χ0n) is 14.1. The molecule has 2 atom stereocenters. The van der Waals surface area contributed by atoms with Crippen molar-refractivity contribution in [2.24, 2.45) is 17.3 Å². The lowest BCUT2D eigenvalue weighted by Crippen LogP contribution is -2.48. The standard InChI is InChI=1S/C17H33N3O/c1-14(13-20-9-4-5-10-20)11-19-16(21)17(2,3)15-7-6-8-18-12-15/h14-15,18H,4-13H2,1-3H3,(H,19,21). The summed E-state index contributed by atoms with van der Waals surface area (Å²) in [7, 11) is 0. The fraction of sp³-hybridized carbons (Fsp3) is 0.941. The zero-order chi connectivity index (χ0) is 15.3. The molecule has 0 bridgehead atoms. The Morgan fingerprint density at radius 1 is 1.33 bits per heavy atom. The summed E-state index contributed by atoms with van der Waals surface area (Å²) in [5.74, 6) is 1.22. The van der Waals surface area contributed by atoms with Gasteiger partial charge in [0.15, 0.2) is 0 Å². The number of nitrogens with one attached hydrogen (secondary N) is 2. The molecule has 0 spiro atoms. The summed E-state index contributed by atoms with van der Waals surface area (Å²) < 4.78 is 0. The van der Waals surface area contributed by atoms with Crippen LogP contribution < -0.4 is 10.6 Å². The average molecular weight is 295 g/mol. The van der Waals surface area contributed by atoms with Crippen LogP contribution in [-0.2, 0) is 4.79 Å². The molecule has 2 aliphatic heterocycles. The molecule has 2 saturated heterocycles. The Labute approximate surface area is 130 Å². The maximum absolute atomic E-state index is 12.6. The highest BCUT2D eigenvalue weighted by atomic mass is 16.2. The van der Waals surface area contributed by atoms with Crippen molar-refractivity contribution in [3.05, 3.63) is 0 Å². The second-order valence-corrected chi connectivity index (χ2v) is 7.59. The van der Waals surface area contributed by atoms with Gasteiger partial charge in [0, 0.05) is 18.5 Å². The fourth-order valence-corrected chi connectivity index (χ4v) is 3.62. The predicted octanol–water partition coefficient (Wildman–Crippen LogP) is 1.86. The topological polar surface area (TPSA) is 44.4 Å². The third kappa shape index (κ3) is 4.68. The molecule has 2 rings (SSSR count). The molecule has 122 valence electrons. The monoisotopic (exact) mass is 295 g/mol. The van der Waals surface area contributed by atoms with Crippen LogP contribution in [-0.4, -0.2) is 50.1 Å². The molecule has 0 aromatic rings. The Balaban J connectivity index is 1.74. The van der Waals surface area contributed by atoms with Crippen LogP contribution in [0.3, 0.4) is 0 Å². The van der Waals surface area contributed by atoms with Gasteiger partial charge in [-0.2, -0.15) is 0 Å². The van der Waals surface area contributed by atoms with Gasteiger partial charge in [0.2, 0.25) is 5.91 Å². The van der Waals surface area contributed by atoms with E-state index in [4.69, 9.17) is 0 Å². The van der Waals surface area contributed by atoms with Crippen LogP contribution in [0.4, 0.5) is 0 Å². The number of hydrogen-bond donors (Lipinski definition) is 2. The summed E-state index contributed by atoms with van der Waals surface area (Å²) in [5, 5.41) is 6.62. The number of rotatable bonds is 6. The Kier molecular flexibility index (Phi) is 6.06. The third-order valence-electron chi connectivity index (χ3n) is 5.28. The molecule has 4 nitrogen and oxygen atoms in total. The van der Waals surface area contributed by atoms with Crippen molar-refractivity contribution in [1.29, 1.82) is 0 Å². The van der Waals surface area contributed by atoms with E-state index in [1.807, 2.05) is 0 Å². The van der Waals surface area contributed by atoms with Crippen LogP contribution >= 0.6 is 0 Å². The summed E-state index contributed by atoms with van der Waals surface area (Å²) in [5.41, 5.74) is -0.263. The van der Waals surface area contributed by atoms with Gasteiger partial charge in [-0.3, -0.25) is 4.79 Å². The molecule has 0 aromatic carbocycles. The van der Waals surface area contributed by atoms with Gasteiger partial charge >= 0.3 is 0 Å². The van der Waals surface area contributed by atoms with Crippen molar-refractivity contribution in [3.63, 3.8) is 0 Å². The molecule has 2 N–H and O–H groups in total. The number of hydrogen-bond acceptors (Lipinski definition) is 3. The first-order valence-corrected chi connectivity index (χ1v) is 8.71. The number of likely N-dealkylation sites (tertiary alicyclic amines) is 1. The highest BCUT2D eigenvalue weighted by Crippen LogP contribution is 2.31. The average Bonchev–Trinajstić information content (AvgIpc) is 2.98. The van der Waals surface area contributed by atoms with Crippen LogP contribution in [0, 0.1) is 17.3 Å². The fourth-order valence-electron chi connectivity index (χ4n) is 3.62. The van der Waals surface area contributed by atoms with E-state index in [0.29, 0.717) is 11.8 Å². The predicted molar refractivity (Wildman–Crippen MR) is 87.2 cm³/mol. The maximum Gasteiger partial charge on any atom is 0.225 e. The minimum absolute atomic E-state index is 0.226. The van der Waals surface area contributed by atoms with Crippen LogP contribution in [0.5, 0.6) is 0 Å². The zero-order valence-corrected chi connectivity index (χ0v) is 14.1. The number of amides is 1.